The van der Waals surface area contributed by atoms with E-state index in [1.165, 1.54) is 11.9 Å². The minimum atomic E-state index is -0.0671. The fourth-order valence-electron chi connectivity index (χ4n) is 3.12. The summed E-state index contributed by atoms with van der Waals surface area (Å²) in [4.78, 5) is 20.9. The van der Waals surface area contributed by atoms with Crippen LogP contribution in [0.1, 0.15) is 12.5 Å². The van der Waals surface area contributed by atoms with Gasteiger partial charge in [0.25, 0.3) is 0 Å². The summed E-state index contributed by atoms with van der Waals surface area (Å²) >= 11 is 0. The van der Waals surface area contributed by atoms with Crippen LogP contribution in [0.5, 0.6) is 0 Å². The molecule has 0 saturated carbocycles. The van der Waals surface area contributed by atoms with E-state index in [1.807, 2.05) is 17.9 Å². The monoisotopic (exact) mass is 327 g/mol. The Labute approximate surface area is 143 Å². The van der Waals surface area contributed by atoms with Crippen molar-refractivity contribution in [2.24, 2.45) is 5.92 Å². The zero-order chi connectivity index (χ0) is 16.8. The van der Waals surface area contributed by atoms with E-state index in [0.29, 0.717) is 6.54 Å². The number of carbonyl (C=O) groups is 1. The highest BCUT2D eigenvalue weighted by molar-refractivity contribution is 5.78. The maximum absolute atomic E-state index is 12.6. The molecule has 1 aromatic heterocycles. The molecule has 0 N–H and O–H groups in total. The lowest BCUT2D eigenvalue weighted by atomic mass is 10.1. The minimum Gasteiger partial charge on any atom is -0.340 e. The molecule has 128 valence electrons. The van der Waals surface area contributed by atoms with Crippen molar-refractivity contribution in [2.75, 3.05) is 32.7 Å². The van der Waals surface area contributed by atoms with E-state index in [9.17, 15) is 4.79 Å². The number of amides is 1. The molecule has 1 amide bonds. The highest BCUT2D eigenvalue weighted by atomic mass is 16.2. The molecule has 6 heteroatoms. The number of rotatable bonds is 6. The maximum Gasteiger partial charge on any atom is 0.227 e. The molecule has 1 aromatic carbocycles. The molecule has 1 fully saturated rings. The number of benzene rings is 1. The number of hydrogen-bond acceptors (Lipinski definition) is 4. The Morgan fingerprint density at radius 1 is 1.17 bits per heavy atom. The highest BCUT2D eigenvalue weighted by Gasteiger charge is 2.25. The first-order valence-electron chi connectivity index (χ1n) is 8.60. The molecule has 2 heterocycles. The van der Waals surface area contributed by atoms with Gasteiger partial charge in [-0.25, -0.2) is 4.98 Å². The van der Waals surface area contributed by atoms with Crippen LogP contribution in [0, 0.1) is 5.92 Å². The van der Waals surface area contributed by atoms with Crippen LogP contribution in [0.2, 0.25) is 0 Å². The molecule has 6 nitrogen and oxygen atoms in total. The Balaban J connectivity index is 1.42. The third-order valence-corrected chi connectivity index (χ3v) is 4.59. The summed E-state index contributed by atoms with van der Waals surface area (Å²) in [5.74, 6) is 0.149. The summed E-state index contributed by atoms with van der Waals surface area (Å²) in [5.41, 5.74) is 1.37. The van der Waals surface area contributed by atoms with E-state index >= 15 is 0 Å². The molecule has 0 spiro atoms. The summed E-state index contributed by atoms with van der Waals surface area (Å²) < 4.78 is 1.72. The van der Waals surface area contributed by atoms with Gasteiger partial charge in [0, 0.05) is 32.7 Å². The third kappa shape index (κ3) is 4.41. The van der Waals surface area contributed by atoms with Crippen molar-refractivity contribution in [1.82, 2.24) is 24.6 Å². The average molecular weight is 327 g/mol. The number of piperazine rings is 1. The Morgan fingerprint density at radius 2 is 1.92 bits per heavy atom. The summed E-state index contributed by atoms with van der Waals surface area (Å²) in [6.45, 7) is 7.15. The van der Waals surface area contributed by atoms with Crippen LogP contribution in [0.4, 0.5) is 0 Å². The largest absolute Gasteiger partial charge is 0.340 e. The first kappa shape index (κ1) is 16.6. The lowest BCUT2D eigenvalue weighted by Crippen LogP contribution is -2.50. The smallest absolute Gasteiger partial charge is 0.227 e. The number of carbonyl (C=O) groups excluding carboxylic acids is 1. The van der Waals surface area contributed by atoms with E-state index in [2.05, 4.69) is 39.2 Å². The van der Waals surface area contributed by atoms with Gasteiger partial charge in [0.15, 0.2) is 0 Å². The van der Waals surface area contributed by atoms with Crippen LogP contribution in [0.25, 0.3) is 0 Å². The molecule has 0 radical (unpaired) electrons. The van der Waals surface area contributed by atoms with Gasteiger partial charge in [0.05, 0.1) is 12.5 Å². The number of nitrogens with zero attached hydrogens (tertiary/aromatic N) is 5. The minimum absolute atomic E-state index is 0.0671. The second-order valence-corrected chi connectivity index (χ2v) is 6.42. The van der Waals surface area contributed by atoms with Crippen molar-refractivity contribution in [3.05, 3.63) is 48.5 Å². The fraction of sp³-hybridized carbons (Fsp3) is 0.500. The second-order valence-electron chi connectivity index (χ2n) is 6.42. The average Bonchev–Trinajstić information content (AvgIpc) is 3.13. The lowest BCUT2D eigenvalue weighted by Gasteiger charge is -2.36. The Bertz CT molecular complexity index is 620. The topological polar surface area (TPSA) is 54.3 Å². The standard InChI is InChI=1S/C18H25N5O/c1-16(13-23-15-19-14-20-23)18(24)22-11-9-21(10-12-22)8-7-17-5-3-2-4-6-17/h2-6,14-16H,7-13H2,1H3. The first-order chi connectivity index (χ1) is 11.7. The molecule has 0 aliphatic carbocycles. The Morgan fingerprint density at radius 3 is 2.58 bits per heavy atom. The van der Waals surface area contributed by atoms with Gasteiger partial charge in [-0.3, -0.25) is 14.4 Å². The SMILES string of the molecule is CC(Cn1cncn1)C(=O)N1CCN(CCc2ccccc2)CC1. The fourth-order valence-corrected chi connectivity index (χ4v) is 3.12. The zero-order valence-corrected chi connectivity index (χ0v) is 14.2. The summed E-state index contributed by atoms with van der Waals surface area (Å²) in [6, 6.07) is 10.6. The van der Waals surface area contributed by atoms with Crippen molar-refractivity contribution in [2.45, 2.75) is 19.9 Å². The molecule has 1 aliphatic rings. The Hall–Kier alpha value is -2.21. The normalized spacial score (nSPS) is 17.0. The van der Waals surface area contributed by atoms with Gasteiger partial charge < -0.3 is 4.90 Å². The molecule has 24 heavy (non-hydrogen) atoms. The summed E-state index contributed by atoms with van der Waals surface area (Å²) in [7, 11) is 0. The second kappa shape index (κ2) is 8.06. The van der Waals surface area contributed by atoms with Crippen LogP contribution in [-0.2, 0) is 17.8 Å². The van der Waals surface area contributed by atoms with Gasteiger partial charge in [-0.15, -0.1) is 0 Å². The molecule has 3 rings (SSSR count). The van der Waals surface area contributed by atoms with Gasteiger partial charge >= 0.3 is 0 Å². The van der Waals surface area contributed by atoms with Crippen molar-refractivity contribution >= 4 is 5.91 Å². The maximum atomic E-state index is 12.6. The van der Waals surface area contributed by atoms with Gasteiger partial charge in [0.1, 0.15) is 12.7 Å². The van der Waals surface area contributed by atoms with Crippen molar-refractivity contribution in [3.63, 3.8) is 0 Å². The molecule has 1 saturated heterocycles. The molecule has 1 unspecified atom stereocenters. The van der Waals surface area contributed by atoms with Crippen LogP contribution >= 0.6 is 0 Å². The van der Waals surface area contributed by atoms with Crippen LogP contribution in [0.15, 0.2) is 43.0 Å². The number of aromatic nitrogens is 3. The molecular formula is C18H25N5O. The van der Waals surface area contributed by atoms with E-state index in [1.54, 1.807) is 11.0 Å². The predicted molar refractivity (Wildman–Crippen MR) is 92.4 cm³/mol. The molecule has 1 atom stereocenters. The van der Waals surface area contributed by atoms with E-state index in [4.69, 9.17) is 0 Å². The van der Waals surface area contributed by atoms with Gasteiger partial charge in [-0.1, -0.05) is 37.3 Å². The molecular weight excluding hydrogens is 302 g/mol. The molecule has 0 bridgehead atoms. The zero-order valence-electron chi connectivity index (χ0n) is 14.2. The van der Waals surface area contributed by atoms with Crippen molar-refractivity contribution in [1.29, 1.82) is 0 Å². The van der Waals surface area contributed by atoms with Crippen LogP contribution in [-0.4, -0.2) is 63.2 Å². The molecule has 1 aliphatic heterocycles. The first-order valence-corrected chi connectivity index (χ1v) is 8.60. The van der Waals surface area contributed by atoms with Gasteiger partial charge in [-0.05, 0) is 12.0 Å². The van der Waals surface area contributed by atoms with Crippen LogP contribution < -0.4 is 0 Å². The lowest BCUT2D eigenvalue weighted by molar-refractivity contribution is -0.137. The van der Waals surface area contributed by atoms with E-state index in [-0.39, 0.29) is 11.8 Å². The number of hydrogen-bond donors (Lipinski definition) is 0. The van der Waals surface area contributed by atoms with Crippen molar-refractivity contribution in [3.8, 4) is 0 Å². The summed E-state index contributed by atoms with van der Waals surface area (Å²) in [6.07, 6.45) is 4.23. The van der Waals surface area contributed by atoms with E-state index in [0.717, 1.165) is 39.1 Å². The van der Waals surface area contributed by atoms with Gasteiger partial charge in [0.2, 0.25) is 5.91 Å². The highest BCUT2D eigenvalue weighted by Crippen LogP contribution is 2.10. The Kier molecular flexibility index (Phi) is 5.59. The summed E-state index contributed by atoms with van der Waals surface area (Å²) in [5, 5.41) is 4.08. The quantitative estimate of drug-likeness (QED) is 0.802. The van der Waals surface area contributed by atoms with Crippen LogP contribution in [0.3, 0.4) is 0 Å². The van der Waals surface area contributed by atoms with Crippen molar-refractivity contribution < 1.29 is 4.79 Å². The third-order valence-electron chi connectivity index (χ3n) is 4.59. The predicted octanol–water partition coefficient (Wildman–Crippen LogP) is 1.30. The van der Waals surface area contributed by atoms with E-state index < -0.39 is 0 Å². The molecule has 2 aromatic rings. The van der Waals surface area contributed by atoms with Gasteiger partial charge in [-0.2, -0.15) is 5.10 Å².